The summed E-state index contributed by atoms with van der Waals surface area (Å²) in [7, 11) is 1.92. The van der Waals surface area contributed by atoms with E-state index in [2.05, 4.69) is 9.97 Å². The lowest BCUT2D eigenvalue weighted by Gasteiger charge is -2.09. The fourth-order valence-corrected chi connectivity index (χ4v) is 1.93. The van der Waals surface area contributed by atoms with Gasteiger partial charge in [0.25, 0.3) is 0 Å². The third-order valence-corrected chi connectivity index (χ3v) is 3.07. The smallest absolute Gasteiger partial charge is 0.247 e. The van der Waals surface area contributed by atoms with E-state index in [1.165, 1.54) is 0 Å². The molecule has 0 saturated heterocycles. The Kier molecular flexibility index (Phi) is 2.59. The molecular formula is C14H13N3O2. The molecule has 2 aromatic heterocycles. The van der Waals surface area contributed by atoms with Crippen molar-refractivity contribution in [1.29, 1.82) is 0 Å². The molecule has 0 amide bonds. The summed E-state index contributed by atoms with van der Waals surface area (Å²) in [5.74, 6) is 1.21. The van der Waals surface area contributed by atoms with E-state index in [-0.39, 0.29) is 5.75 Å². The molecule has 0 atom stereocenters. The van der Waals surface area contributed by atoms with E-state index in [0.717, 1.165) is 5.52 Å². The number of rotatable bonds is 2. The van der Waals surface area contributed by atoms with Crippen LogP contribution in [0.1, 0.15) is 5.56 Å². The monoisotopic (exact) mass is 255 g/mol. The van der Waals surface area contributed by atoms with Crippen LogP contribution in [0.4, 0.5) is 0 Å². The molecule has 0 bridgehead atoms. The number of ether oxygens (including phenoxy) is 1. The number of phenols is 1. The Morgan fingerprint density at radius 3 is 2.89 bits per heavy atom. The summed E-state index contributed by atoms with van der Waals surface area (Å²) in [5.41, 5.74) is 2.33. The normalized spacial score (nSPS) is 10.8. The van der Waals surface area contributed by atoms with Crippen molar-refractivity contribution in [2.24, 2.45) is 7.05 Å². The number of fused-ring (bicyclic) bond motifs is 1. The highest BCUT2D eigenvalue weighted by atomic mass is 16.5. The van der Waals surface area contributed by atoms with Crippen LogP contribution in [0, 0.1) is 6.92 Å². The molecule has 0 spiro atoms. The van der Waals surface area contributed by atoms with Gasteiger partial charge in [-0.3, -0.25) is 0 Å². The van der Waals surface area contributed by atoms with Crippen LogP contribution in [0.25, 0.3) is 11.0 Å². The molecule has 0 aliphatic carbocycles. The first-order chi connectivity index (χ1) is 9.16. The summed E-state index contributed by atoms with van der Waals surface area (Å²) in [6, 6.07) is 7.02. The molecule has 5 heteroatoms. The lowest BCUT2D eigenvalue weighted by molar-refractivity contribution is 0.442. The van der Waals surface area contributed by atoms with Gasteiger partial charge in [-0.1, -0.05) is 6.07 Å². The van der Waals surface area contributed by atoms with Crippen LogP contribution < -0.4 is 4.74 Å². The molecule has 0 fully saturated rings. The number of aryl methyl sites for hydroxylation is 1. The van der Waals surface area contributed by atoms with Crippen molar-refractivity contribution < 1.29 is 9.84 Å². The summed E-state index contributed by atoms with van der Waals surface area (Å²) in [5, 5.41) is 9.68. The number of pyridine rings is 1. The Labute approximate surface area is 110 Å². The molecule has 96 valence electrons. The van der Waals surface area contributed by atoms with Gasteiger partial charge in [-0.25, -0.2) is 9.97 Å². The van der Waals surface area contributed by atoms with Gasteiger partial charge in [0.15, 0.2) is 5.52 Å². The van der Waals surface area contributed by atoms with E-state index in [4.69, 9.17) is 4.74 Å². The molecule has 3 aromatic rings. The Balaban J connectivity index is 2.08. The van der Waals surface area contributed by atoms with Gasteiger partial charge < -0.3 is 14.4 Å². The standard InChI is InChI=1S/C14H13N3O2/c1-9-11(18)4-3-5-12(9)19-14-13-10(6-7-15-14)17(2)8-16-13/h3-8,18H,1-2H3. The summed E-state index contributed by atoms with van der Waals surface area (Å²) < 4.78 is 7.67. The number of benzene rings is 1. The zero-order valence-electron chi connectivity index (χ0n) is 10.7. The molecule has 0 saturated carbocycles. The van der Waals surface area contributed by atoms with Crippen LogP contribution in [0.15, 0.2) is 36.8 Å². The second-order valence-corrected chi connectivity index (χ2v) is 4.34. The van der Waals surface area contributed by atoms with Crippen LogP contribution in [0.2, 0.25) is 0 Å². The lowest BCUT2D eigenvalue weighted by Crippen LogP contribution is -1.92. The molecule has 1 aromatic carbocycles. The number of aromatic nitrogens is 3. The van der Waals surface area contributed by atoms with Crippen molar-refractivity contribution in [3.63, 3.8) is 0 Å². The maximum atomic E-state index is 9.68. The highest BCUT2D eigenvalue weighted by Crippen LogP contribution is 2.31. The van der Waals surface area contributed by atoms with Gasteiger partial charge in [-0.2, -0.15) is 0 Å². The molecule has 5 nitrogen and oxygen atoms in total. The molecule has 0 unspecified atom stereocenters. The molecular weight excluding hydrogens is 242 g/mol. The average Bonchev–Trinajstić information content (AvgIpc) is 2.78. The number of aromatic hydroxyl groups is 1. The molecule has 2 heterocycles. The minimum absolute atomic E-state index is 0.200. The van der Waals surface area contributed by atoms with Gasteiger partial charge in [0, 0.05) is 18.8 Å². The number of hydrogen-bond acceptors (Lipinski definition) is 4. The van der Waals surface area contributed by atoms with Crippen molar-refractivity contribution in [2.75, 3.05) is 0 Å². The predicted molar refractivity (Wildman–Crippen MR) is 71.4 cm³/mol. The zero-order valence-corrected chi connectivity index (χ0v) is 10.7. The van der Waals surface area contributed by atoms with Gasteiger partial charge in [0.05, 0.1) is 11.8 Å². The van der Waals surface area contributed by atoms with Crippen LogP contribution in [0.5, 0.6) is 17.4 Å². The highest BCUT2D eigenvalue weighted by molar-refractivity contribution is 5.80. The molecule has 0 aliphatic rings. The maximum absolute atomic E-state index is 9.68. The number of imidazole rings is 1. The second-order valence-electron chi connectivity index (χ2n) is 4.34. The third kappa shape index (κ3) is 1.89. The fourth-order valence-electron chi connectivity index (χ4n) is 1.93. The Morgan fingerprint density at radius 2 is 2.05 bits per heavy atom. The fraction of sp³-hybridized carbons (Fsp3) is 0.143. The molecule has 19 heavy (non-hydrogen) atoms. The summed E-state index contributed by atoms with van der Waals surface area (Å²) in [6.45, 7) is 1.79. The van der Waals surface area contributed by atoms with Crippen LogP contribution in [0.3, 0.4) is 0 Å². The Bertz CT molecular complexity index is 750. The van der Waals surface area contributed by atoms with E-state index in [1.807, 2.05) is 17.7 Å². The lowest BCUT2D eigenvalue weighted by atomic mass is 10.2. The van der Waals surface area contributed by atoms with Crippen molar-refractivity contribution in [3.05, 3.63) is 42.4 Å². The largest absolute Gasteiger partial charge is 0.508 e. The third-order valence-electron chi connectivity index (χ3n) is 3.07. The Morgan fingerprint density at radius 1 is 1.21 bits per heavy atom. The zero-order chi connectivity index (χ0) is 13.4. The van der Waals surface area contributed by atoms with Gasteiger partial charge >= 0.3 is 0 Å². The van der Waals surface area contributed by atoms with Crippen LogP contribution >= 0.6 is 0 Å². The topological polar surface area (TPSA) is 60.2 Å². The number of hydrogen-bond donors (Lipinski definition) is 1. The predicted octanol–water partition coefficient (Wildman–Crippen LogP) is 2.77. The van der Waals surface area contributed by atoms with Crippen molar-refractivity contribution in [2.45, 2.75) is 6.92 Å². The number of phenolic OH excluding ortho intramolecular Hbond substituents is 1. The first-order valence-electron chi connectivity index (χ1n) is 5.89. The first kappa shape index (κ1) is 11.5. The van der Waals surface area contributed by atoms with Gasteiger partial charge in [0.2, 0.25) is 5.88 Å². The van der Waals surface area contributed by atoms with E-state index in [9.17, 15) is 5.11 Å². The first-order valence-corrected chi connectivity index (χ1v) is 5.89. The van der Waals surface area contributed by atoms with Crippen molar-refractivity contribution in [1.82, 2.24) is 14.5 Å². The van der Waals surface area contributed by atoms with E-state index >= 15 is 0 Å². The van der Waals surface area contributed by atoms with Crippen LogP contribution in [-0.4, -0.2) is 19.6 Å². The Hall–Kier alpha value is -2.56. The van der Waals surface area contributed by atoms with Crippen molar-refractivity contribution in [3.8, 4) is 17.4 Å². The molecule has 0 aliphatic heterocycles. The molecule has 3 rings (SSSR count). The quantitative estimate of drug-likeness (QED) is 0.765. The van der Waals surface area contributed by atoms with Gasteiger partial charge in [-0.15, -0.1) is 0 Å². The molecule has 0 radical (unpaired) electrons. The number of nitrogens with zero attached hydrogens (tertiary/aromatic N) is 3. The molecule has 1 N–H and O–H groups in total. The minimum atomic E-state index is 0.200. The van der Waals surface area contributed by atoms with E-state index in [1.54, 1.807) is 37.6 Å². The van der Waals surface area contributed by atoms with E-state index < -0.39 is 0 Å². The summed E-state index contributed by atoms with van der Waals surface area (Å²) in [4.78, 5) is 8.49. The van der Waals surface area contributed by atoms with Crippen LogP contribution in [-0.2, 0) is 7.05 Å². The highest BCUT2D eigenvalue weighted by Gasteiger charge is 2.11. The second kappa shape index (κ2) is 4.28. The van der Waals surface area contributed by atoms with Crippen molar-refractivity contribution >= 4 is 11.0 Å². The SMILES string of the molecule is Cc1c(O)cccc1Oc1nccc2c1ncn2C. The average molecular weight is 255 g/mol. The van der Waals surface area contributed by atoms with Gasteiger partial charge in [0.1, 0.15) is 11.5 Å². The van der Waals surface area contributed by atoms with Gasteiger partial charge in [-0.05, 0) is 25.1 Å². The summed E-state index contributed by atoms with van der Waals surface area (Å²) >= 11 is 0. The minimum Gasteiger partial charge on any atom is -0.508 e. The maximum Gasteiger partial charge on any atom is 0.247 e. The summed E-state index contributed by atoms with van der Waals surface area (Å²) in [6.07, 6.45) is 3.39. The van der Waals surface area contributed by atoms with E-state index in [0.29, 0.717) is 22.7 Å².